The van der Waals surface area contributed by atoms with E-state index in [4.69, 9.17) is 5.73 Å². The highest BCUT2D eigenvalue weighted by Crippen LogP contribution is 2.12. The summed E-state index contributed by atoms with van der Waals surface area (Å²) >= 11 is 0. The molecule has 1 heterocycles. The lowest BCUT2D eigenvalue weighted by Gasteiger charge is -2.24. The molecule has 2 N–H and O–H groups in total. The minimum Gasteiger partial charge on any atom is -0.340 e. The zero-order chi connectivity index (χ0) is 16.1. The van der Waals surface area contributed by atoms with E-state index in [1.165, 1.54) is 0 Å². The topological polar surface area (TPSA) is 64.2 Å². The van der Waals surface area contributed by atoms with Crippen LogP contribution in [0.2, 0.25) is 0 Å². The molecule has 2 rings (SSSR count). The van der Waals surface area contributed by atoms with Crippen LogP contribution in [-0.4, -0.2) is 33.7 Å². The van der Waals surface area contributed by atoms with Gasteiger partial charge >= 0.3 is 0 Å². The Balaban J connectivity index is 2.02. The van der Waals surface area contributed by atoms with E-state index >= 15 is 0 Å². The summed E-state index contributed by atoms with van der Waals surface area (Å²) in [7, 11) is 1.78. The fraction of sp³-hybridized carbons (Fsp3) is 0.412. The summed E-state index contributed by atoms with van der Waals surface area (Å²) in [6, 6.07) is 9.44. The maximum Gasteiger partial charge on any atom is 0.239 e. The normalized spacial score (nSPS) is 13.6. The number of carbonyl (C=O) groups is 1. The first-order chi connectivity index (χ1) is 10.5. The number of hydrogen-bond acceptors (Lipinski definition) is 3. The Kier molecular flexibility index (Phi) is 5.33. The SMILES string of the molecule is CCC(C)C(N)C(=O)N(C)Cc1cnn(-c2ccccc2)c1. The molecule has 5 heteroatoms. The van der Waals surface area contributed by atoms with Crippen LogP contribution in [0.5, 0.6) is 0 Å². The van der Waals surface area contributed by atoms with Gasteiger partial charge in [-0.1, -0.05) is 38.5 Å². The number of aromatic nitrogens is 2. The van der Waals surface area contributed by atoms with E-state index in [9.17, 15) is 4.79 Å². The largest absolute Gasteiger partial charge is 0.340 e. The number of likely N-dealkylation sites (N-methyl/N-ethyl adjacent to an activating group) is 1. The molecule has 1 aromatic carbocycles. The van der Waals surface area contributed by atoms with Gasteiger partial charge in [0.2, 0.25) is 5.91 Å². The Hall–Kier alpha value is -2.14. The second-order valence-corrected chi connectivity index (χ2v) is 5.73. The molecule has 22 heavy (non-hydrogen) atoms. The van der Waals surface area contributed by atoms with Crippen LogP contribution in [0.1, 0.15) is 25.8 Å². The third kappa shape index (κ3) is 3.74. The number of rotatable bonds is 6. The first kappa shape index (κ1) is 16.2. The molecule has 0 saturated heterocycles. The molecule has 0 spiro atoms. The lowest BCUT2D eigenvalue weighted by Crippen LogP contribution is -2.45. The summed E-state index contributed by atoms with van der Waals surface area (Å²) < 4.78 is 1.81. The van der Waals surface area contributed by atoms with Gasteiger partial charge in [-0.3, -0.25) is 4.79 Å². The fourth-order valence-electron chi connectivity index (χ4n) is 2.27. The van der Waals surface area contributed by atoms with Gasteiger partial charge in [-0.2, -0.15) is 5.10 Å². The van der Waals surface area contributed by atoms with Crippen molar-refractivity contribution in [2.75, 3.05) is 7.05 Å². The Morgan fingerprint density at radius 1 is 1.36 bits per heavy atom. The van der Waals surface area contributed by atoms with E-state index < -0.39 is 6.04 Å². The van der Waals surface area contributed by atoms with E-state index in [1.807, 2.05) is 55.1 Å². The molecular weight excluding hydrogens is 276 g/mol. The van der Waals surface area contributed by atoms with E-state index in [2.05, 4.69) is 5.10 Å². The number of amides is 1. The molecule has 0 radical (unpaired) electrons. The predicted octanol–water partition coefficient (Wildman–Crippen LogP) is 2.20. The summed E-state index contributed by atoms with van der Waals surface area (Å²) in [5, 5.41) is 4.34. The maximum atomic E-state index is 12.3. The molecule has 0 aliphatic heterocycles. The summed E-state index contributed by atoms with van der Waals surface area (Å²) in [6.07, 6.45) is 4.62. The van der Waals surface area contributed by atoms with Gasteiger partial charge in [-0.25, -0.2) is 4.68 Å². The monoisotopic (exact) mass is 300 g/mol. The minimum absolute atomic E-state index is 0.0261. The van der Waals surface area contributed by atoms with Gasteiger partial charge in [0.1, 0.15) is 0 Å². The Labute approximate surface area is 131 Å². The predicted molar refractivity (Wildman–Crippen MR) is 87.5 cm³/mol. The molecule has 0 aliphatic carbocycles. The van der Waals surface area contributed by atoms with Crippen molar-refractivity contribution in [3.05, 3.63) is 48.3 Å². The van der Waals surface area contributed by atoms with Gasteiger partial charge in [0.15, 0.2) is 0 Å². The number of hydrogen-bond donors (Lipinski definition) is 1. The second kappa shape index (κ2) is 7.22. The molecular formula is C17H24N4O. The lowest BCUT2D eigenvalue weighted by molar-refractivity contribution is -0.132. The number of para-hydroxylation sites is 1. The minimum atomic E-state index is -0.445. The Bertz CT molecular complexity index is 608. The molecule has 5 nitrogen and oxygen atoms in total. The van der Waals surface area contributed by atoms with Crippen LogP contribution in [0.25, 0.3) is 5.69 Å². The summed E-state index contributed by atoms with van der Waals surface area (Å²) in [5.41, 5.74) is 7.99. The zero-order valence-corrected chi connectivity index (χ0v) is 13.4. The molecule has 1 amide bonds. The second-order valence-electron chi connectivity index (χ2n) is 5.73. The van der Waals surface area contributed by atoms with E-state index in [0.717, 1.165) is 17.7 Å². The highest BCUT2D eigenvalue weighted by molar-refractivity contribution is 5.81. The van der Waals surface area contributed by atoms with Gasteiger partial charge in [-0.05, 0) is 18.1 Å². The van der Waals surface area contributed by atoms with Crippen LogP contribution >= 0.6 is 0 Å². The van der Waals surface area contributed by atoms with Gasteiger partial charge in [0, 0.05) is 25.4 Å². The van der Waals surface area contributed by atoms with Crippen molar-refractivity contribution in [3.8, 4) is 5.69 Å². The fourth-order valence-corrected chi connectivity index (χ4v) is 2.27. The van der Waals surface area contributed by atoms with Crippen molar-refractivity contribution in [3.63, 3.8) is 0 Å². The van der Waals surface area contributed by atoms with E-state index in [0.29, 0.717) is 6.54 Å². The molecule has 2 aromatic rings. The molecule has 0 bridgehead atoms. The van der Waals surface area contributed by atoms with Crippen molar-refractivity contribution in [2.24, 2.45) is 11.7 Å². The van der Waals surface area contributed by atoms with Gasteiger partial charge in [0.05, 0.1) is 17.9 Å². The summed E-state index contributed by atoms with van der Waals surface area (Å²) in [5.74, 6) is 0.156. The van der Waals surface area contributed by atoms with Crippen molar-refractivity contribution >= 4 is 5.91 Å². The molecule has 0 aliphatic rings. The first-order valence-electron chi connectivity index (χ1n) is 7.62. The first-order valence-corrected chi connectivity index (χ1v) is 7.62. The average molecular weight is 300 g/mol. The van der Waals surface area contributed by atoms with Crippen molar-refractivity contribution in [2.45, 2.75) is 32.9 Å². The third-order valence-electron chi connectivity index (χ3n) is 3.99. The number of carbonyl (C=O) groups excluding carboxylic acids is 1. The van der Waals surface area contributed by atoms with Crippen molar-refractivity contribution < 1.29 is 4.79 Å². The molecule has 1 aromatic heterocycles. The number of nitrogens with zero attached hydrogens (tertiary/aromatic N) is 3. The van der Waals surface area contributed by atoms with E-state index in [-0.39, 0.29) is 11.8 Å². The van der Waals surface area contributed by atoms with Gasteiger partial charge in [-0.15, -0.1) is 0 Å². The van der Waals surface area contributed by atoms with Crippen LogP contribution in [0.4, 0.5) is 0 Å². The van der Waals surface area contributed by atoms with Crippen LogP contribution in [0.3, 0.4) is 0 Å². The maximum absolute atomic E-state index is 12.3. The average Bonchev–Trinajstić information content (AvgIpc) is 3.01. The van der Waals surface area contributed by atoms with Crippen LogP contribution in [0.15, 0.2) is 42.7 Å². The van der Waals surface area contributed by atoms with Crippen LogP contribution < -0.4 is 5.73 Å². The van der Waals surface area contributed by atoms with Crippen molar-refractivity contribution in [1.29, 1.82) is 0 Å². The third-order valence-corrected chi connectivity index (χ3v) is 3.99. The molecule has 0 saturated carbocycles. The van der Waals surface area contributed by atoms with Gasteiger partial charge in [0.25, 0.3) is 0 Å². The number of benzene rings is 1. The van der Waals surface area contributed by atoms with Crippen LogP contribution in [0, 0.1) is 5.92 Å². The smallest absolute Gasteiger partial charge is 0.239 e. The quantitative estimate of drug-likeness (QED) is 0.889. The molecule has 0 fully saturated rings. The highest BCUT2D eigenvalue weighted by Gasteiger charge is 2.23. The van der Waals surface area contributed by atoms with Gasteiger partial charge < -0.3 is 10.6 Å². The molecule has 118 valence electrons. The molecule has 2 unspecified atom stereocenters. The lowest BCUT2D eigenvalue weighted by atomic mass is 9.99. The van der Waals surface area contributed by atoms with E-state index in [1.54, 1.807) is 18.1 Å². The Morgan fingerprint density at radius 3 is 2.68 bits per heavy atom. The Morgan fingerprint density at radius 2 is 2.05 bits per heavy atom. The number of nitrogens with two attached hydrogens (primary N) is 1. The summed E-state index contributed by atoms with van der Waals surface area (Å²) in [6.45, 7) is 4.56. The highest BCUT2D eigenvalue weighted by atomic mass is 16.2. The summed E-state index contributed by atoms with van der Waals surface area (Å²) in [4.78, 5) is 14.0. The standard InChI is InChI=1S/C17H24N4O/c1-4-13(2)16(18)17(22)20(3)11-14-10-19-21(12-14)15-8-6-5-7-9-15/h5-10,12-13,16H,4,11,18H2,1-3H3. The molecule has 2 atom stereocenters. The zero-order valence-electron chi connectivity index (χ0n) is 13.4. The van der Waals surface area contributed by atoms with Crippen LogP contribution in [-0.2, 0) is 11.3 Å². The van der Waals surface area contributed by atoms with Crippen molar-refractivity contribution in [1.82, 2.24) is 14.7 Å².